The first-order valence-corrected chi connectivity index (χ1v) is 9.37. The van der Waals surface area contributed by atoms with Crippen LogP contribution in [0.5, 0.6) is 0 Å². The van der Waals surface area contributed by atoms with Crippen molar-refractivity contribution in [1.82, 2.24) is 19.9 Å². The molecule has 0 spiro atoms. The number of nitrogens with one attached hydrogen (secondary N) is 1. The summed E-state index contributed by atoms with van der Waals surface area (Å²) >= 11 is 4.52. The van der Waals surface area contributed by atoms with Gasteiger partial charge in [0.25, 0.3) is 5.91 Å². The smallest absolute Gasteiger partial charge is 0.258 e. The minimum Gasteiger partial charge on any atom is -0.298 e. The fourth-order valence-corrected chi connectivity index (χ4v) is 3.76. The minimum atomic E-state index is -0.308. The van der Waals surface area contributed by atoms with E-state index in [1.54, 1.807) is 24.7 Å². The molecule has 0 aliphatic carbocycles. The number of anilines is 1. The van der Waals surface area contributed by atoms with Gasteiger partial charge in [-0.15, -0.1) is 6.42 Å². The van der Waals surface area contributed by atoms with E-state index in [0.717, 1.165) is 5.56 Å². The van der Waals surface area contributed by atoms with Crippen molar-refractivity contribution in [3.63, 3.8) is 0 Å². The lowest BCUT2D eigenvalue weighted by molar-refractivity contribution is 0.102. The summed E-state index contributed by atoms with van der Waals surface area (Å²) in [6.07, 6.45) is 10.4. The number of hydrogen-bond acceptors (Lipinski definition) is 6. The predicted octanol–water partition coefficient (Wildman–Crippen LogP) is 4.14. The zero-order valence-electron chi connectivity index (χ0n) is 13.7. The molecule has 0 aliphatic heterocycles. The van der Waals surface area contributed by atoms with E-state index in [9.17, 15) is 4.79 Å². The molecule has 0 atom stereocenters. The molecule has 0 aliphatic rings. The Kier molecular flexibility index (Phi) is 4.62. The van der Waals surface area contributed by atoms with Gasteiger partial charge < -0.3 is 0 Å². The van der Waals surface area contributed by atoms with Crippen LogP contribution in [-0.4, -0.2) is 25.8 Å². The van der Waals surface area contributed by atoms with Crippen LogP contribution in [0.25, 0.3) is 21.6 Å². The highest BCUT2D eigenvalue weighted by molar-refractivity contribution is 9.10. The van der Waals surface area contributed by atoms with Gasteiger partial charge in [-0.2, -0.15) is 4.98 Å². The number of carbonyl (C=O) groups is 1. The number of aromatic nitrogens is 4. The van der Waals surface area contributed by atoms with Crippen LogP contribution in [-0.2, 0) is 0 Å². The van der Waals surface area contributed by atoms with E-state index in [1.165, 1.54) is 11.3 Å². The molecule has 0 bridgehead atoms. The van der Waals surface area contributed by atoms with Crippen molar-refractivity contribution in [3.05, 3.63) is 64.7 Å². The fraction of sp³-hybridized carbons (Fsp3) is 0. The highest BCUT2D eigenvalue weighted by Gasteiger charge is 2.17. The lowest BCUT2D eigenvalue weighted by Crippen LogP contribution is -2.13. The molecule has 1 aromatic carbocycles. The van der Waals surface area contributed by atoms with Crippen LogP contribution >= 0.6 is 27.3 Å². The van der Waals surface area contributed by atoms with E-state index in [1.807, 2.05) is 24.3 Å². The second-order valence-electron chi connectivity index (χ2n) is 5.41. The Hall–Kier alpha value is -3.15. The predicted molar refractivity (Wildman–Crippen MR) is 108 cm³/mol. The first kappa shape index (κ1) is 17.3. The third-order valence-corrected chi connectivity index (χ3v) is 4.99. The van der Waals surface area contributed by atoms with Crippen molar-refractivity contribution < 1.29 is 4.79 Å². The van der Waals surface area contributed by atoms with Gasteiger partial charge in [0.05, 0.1) is 11.8 Å². The monoisotopic (exact) mass is 435 g/mol. The third-order valence-electron chi connectivity index (χ3n) is 3.75. The molecule has 1 N–H and O–H groups in total. The van der Waals surface area contributed by atoms with E-state index in [-0.39, 0.29) is 5.91 Å². The summed E-state index contributed by atoms with van der Waals surface area (Å²) < 4.78 is 0.610. The number of fused-ring (bicyclic) bond motifs is 1. The number of benzene rings is 1. The molecule has 0 radical (unpaired) electrons. The van der Waals surface area contributed by atoms with E-state index in [2.05, 4.69) is 47.1 Å². The van der Waals surface area contributed by atoms with Gasteiger partial charge in [-0.3, -0.25) is 15.1 Å². The highest BCUT2D eigenvalue weighted by atomic mass is 79.9. The molecule has 0 unspecified atom stereocenters. The van der Waals surface area contributed by atoms with Gasteiger partial charge in [0.2, 0.25) is 0 Å². The molecule has 0 saturated heterocycles. The molecule has 1 amide bonds. The number of amides is 1. The number of nitrogens with zero attached hydrogens (tertiary/aromatic N) is 4. The molecule has 0 saturated carbocycles. The quantitative estimate of drug-likeness (QED) is 0.489. The summed E-state index contributed by atoms with van der Waals surface area (Å²) in [4.78, 5) is 30.4. The zero-order valence-corrected chi connectivity index (χ0v) is 16.1. The largest absolute Gasteiger partial charge is 0.298 e. The Labute approximate surface area is 166 Å². The van der Waals surface area contributed by atoms with Gasteiger partial charge in [-0.05, 0) is 33.6 Å². The Morgan fingerprint density at radius 1 is 1.15 bits per heavy atom. The second kappa shape index (κ2) is 7.23. The Morgan fingerprint density at radius 2 is 2.00 bits per heavy atom. The third kappa shape index (κ3) is 3.43. The molecular weight excluding hydrogens is 426 g/mol. The molecule has 0 fully saturated rings. The van der Waals surface area contributed by atoms with Gasteiger partial charge in [0.1, 0.15) is 4.60 Å². The molecule has 27 heavy (non-hydrogen) atoms. The maximum Gasteiger partial charge on any atom is 0.258 e. The van der Waals surface area contributed by atoms with Crippen LogP contribution in [0.4, 0.5) is 5.13 Å². The Balaban J connectivity index is 1.71. The molecular formula is C19H10BrN5OS. The van der Waals surface area contributed by atoms with Crippen molar-refractivity contribution in [2.45, 2.75) is 0 Å². The minimum absolute atomic E-state index is 0.308. The average molecular weight is 436 g/mol. The Morgan fingerprint density at radius 3 is 2.85 bits per heavy atom. The first-order chi connectivity index (χ1) is 13.2. The van der Waals surface area contributed by atoms with Gasteiger partial charge >= 0.3 is 0 Å². The average Bonchev–Trinajstić information content (AvgIpc) is 3.09. The molecule has 4 rings (SSSR count). The molecule has 4 aromatic rings. The molecule has 6 nitrogen and oxygen atoms in total. The highest BCUT2D eigenvalue weighted by Crippen LogP contribution is 2.28. The van der Waals surface area contributed by atoms with Gasteiger partial charge in [0, 0.05) is 23.5 Å². The number of hydrogen-bond donors (Lipinski definition) is 1. The summed E-state index contributed by atoms with van der Waals surface area (Å²) in [7, 11) is 0. The molecule has 3 aromatic heterocycles. The molecule has 3 heterocycles. The van der Waals surface area contributed by atoms with Crippen molar-refractivity contribution in [1.29, 1.82) is 0 Å². The molecule has 8 heteroatoms. The number of rotatable bonds is 3. The number of halogens is 1. The number of terminal acetylenes is 1. The Bertz CT molecular complexity index is 1210. The summed E-state index contributed by atoms with van der Waals surface area (Å²) in [5, 5.41) is 3.23. The van der Waals surface area contributed by atoms with E-state index < -0.39 is 0 Å². The van der Waals surface area contributed by atoms with Crippen molar-refractivity contribution in [2.75, 3.05) is 5.32 Å². The lowest BCUT2D eigenvalue weighted by Gasteiger charge is -2.10. The number of pyridine rings is 1. The summed E-state index contributed by atoms with van der Waals surface area (Å²) in [5.74, 6) is 2.33. The van der Waals surface area contributed by atoms with Crippen molar-refractivity contribution >= 4 is 48.8 Å². The summed E-state index contributed by atoms with van der Waals surface area (Å²) in [5.41, 5.74) is 3.05. The van der Waals surface area contributed by atoms with Gasteiger partial charge in [0.15, 0.2) is 15.6 Å². The SMILES string of the molecule is C#Cc1ccccc1-c1cnccc1C(=O)Nc1nc2ncc(Br)nc2s1. The summed E-state index contributed by atoms with van der Waals surface area (Å²) in [6.45, 7) is 0. The van der Waals surface area contributed by atoms with Crippen LogP contribution in [0, 0.1) is 12.3 Å². The van der Waals surface area contributed by atoms with Crippen LogP contribution in [0.3, 0.4) is 0 Å². The fourth-order valence-electron chi connectivity index (χ4n) is 2.57. The van der Waals surface area contributed by atoms with E-state index in [4.69, 9.17) is 6.42 Å². The topological polar surface area (TPSA) is 80.7 Å². The lowest BCUT2D eigenvalue weighted by atomic mass is 9.97. The zero-order chi connectivity index (χ0) is 18.8. The standard InChI is InChI=1S/C19H10BrN5OS/c1-2-11-5-3-4-6-12(11)14-9-21-8-7-13(14)17(26)25-19-24-16-18(27-19)23-15(20)10-22-16/h1,3-10H,(H,22,24,25,26). The van der Waals surface area contributed by atoms with Gasteiger partial charge in [-0.1, -0.05) is 35.5 Å². The first-order valence-electron chi connectivity index (χ1n) is 7.76. The second-order valence-corrected chi connectivity index (χ2v) is 7.20. The van der Waals surface area contributed by atoms with E-state index in [0.29, 0.717) is 36.9 Å². The maximum atomic E-state index is 12.9. The van der Waals surface area contributed by atoms with Gasteiger partial charge in [-0.25, -0.2) is 9.97 Å². The number of thiazole rings is 1. The van der Waals surface area contributed by atoms with E-state index >= 15 is 0 Å². The summed E-state index contributed by atoms with van der Waals surface area (Å²) in [6, 6.07) is 9.07. The number of carbonyl (C=O) groups excluding carboxylic acids is 1. The van der Waals surface area contributed by atoms with Crippen LogP contribution < -0.4 is 5.32 Å². The maximum absolute atomic E-state index is 12.9. The van der Waals surface area contributed by atoms with Crippen LogP contribution in [0.2, 0.25) is 0 Å². The van der Waals surface area contributed by atoms with Crippen molar-refractivity contribution in [2.24, 2.45) is 0 Å². The van der Waals surface area contributed by atoms with Crippen LogP contribution in [0.1, 0.15) is 15.9 Å². The normalized spacial score (nSPS) is 10.5. The molecule has 130 valence electrons. The van der Waals surface area contributed by atoms with Crippen LogP contribution in [0.15, 0.2) is 53.5 Å². The van der Waals surface area contributed by atoms with Crippen molar-refractivity contribution in [3.8, 4) is 23.5 Å².